The van der Waals surface area contributed by atoms with Gasteiger partial charge in [-0.05, 0) is 31.7 Å². The van der Waals surface area contributed by atoms with Gasteiger partial charge in [0.05, 0.1) is 12.7 Å². The van der Waals surface area contributed by atoms with Gasteiger partial charge in [-0.2, -0.15) is 0 Å². The highest BCUT2D eigenvalue weighted by atomic mass is 19.1. The maximum atomic E-state index is 13.3. The Hall–Kier alpha value is -1.04. The number of likely N-dealkylation sites (N-methyl/N-ethyl adjacent to an activating group) is 1. The summed E-state index contributed by atoms with van der Waals surface area (Å²) in [4.78, 5) is 2.19. The summed E-state index contributed by atoms with van der Waals surface area (Å²) in [6.45, 7) is 4.94. The van der Waals surface area contributed by atoms with Gasteiger partial charge in [-0.25, -0.2) is 8.78 Å². The summed E-state index contributed by atoms with van der Waals surface area (Å²) in [7, 11) is 1.88. The van der Waals surface area contributed by atoms with Gasteiger partial charge >= 0.3 is 0 Å². The van der Waals surface area contributed by atoms with Crippen LogP contribution in [0.5, 0.6) is 0 Å². The van der Waals surface area contributed by atoms with E-state index in [1.165, 1.54) is 12.1 Å². The van der Waals surface area contributed by atoms with Crippen molar-refractivity contribution in [1.29, 1.82) is 0 Å². The minimum absolute atomic E-state index is 0.0199. The lowest BCUT2D eigenvalue weighted by Crippen LogP contribution is -2.46. The molecule has 1 heterocycles. The lowest BCUT2D eigenvalue weighted by molar-refractivity contribution is -0.0393. The maximum Gasteiger partial charge on any atom is 0.126 e. The molecule has 1 aromatic rings. The average Bonchev–Trinajstić information content (AvgIpc) is 2.37. The van der Waals surface area contributed by atoms with Crippen molar-refractivity contribution in [3.8, 4) is 0 Å². The Balaban J connectivity index is 2.07. The normalized spacial score (nSPS) is 22.4. The molecule has 1 saturated heterocycles. The first-order valence-corrected chi connectivity index (χ1v) is 6.56. The van der Waals surface area contributed by atoms with E-state index in [9.17, 15) is 8.78 Å². The van der Waals surface area contributed by atoms with Crippen molar-refractivity contribution >= 4 is 0 Å². The molecular formula is C14H20F2N2O. The van der Waals surface area contributed by atoms with E-state index in [1.807, 2.05) is 14.0 Å². The zero-order chi connectivity index (χ0) is 13.8. The van der Waals surface area contributed by atoms with Gasteiger partial charge in [0.15, 0.2) is 0 Å². The van der Waals surface area contributed by atoms with E-state index in [-0.39, 0.29) is 12.1 Å². The summed E-state index contributed by atoms with van der Waals surface area (Å²) in [6.07, 6.45) is 0.125. The summed E-state index contributed by atoms with van der Waals surface area (Å²) >= 11 is 0. The zero-order valence-electron chi connectivity index (χ0n) is 11.3. The number of halogens is 2. The van der Waals surface area contributed by atoms with Crippen LogP contribution < -0.4 is 5.32 Å². The fourth-order valence-electron chi connectivity index (χ4n) is 2.47. The minimum Gasteiger partial charge on any atom is -0.374 e. The number of benzene rings is 1. The van der Waals surface area contributed by atoms with Crippen LogP contribution in [0.4, 0.5) is 8.78 Å². The molecule has 106 valence electrons. The summed E-state index contributed by atoms with van der Waals surface area (Å²) in [6, 6.07) is 3.68. The number of hydrogen-bond donors (Lipinski definition) is 1. The highest BCUT2D eigenvalue weighted by Gasteiger charge is 2.24. The number of rotatable bonds is 4. The molecule has 5 heteroatoms. The summed E-state index contributed by atoms with van der Waals surface area (Å²) in [5.41, 5.74) is 0.669. The molecule has 1 aliphatic rings. The van der Waals surface area contributed by atoms with E-state index in [4.69, 9.17) is 4.74 Å². The minimum atomic E-state index is -0.526. The number of nitrogens with zero attached hydrogens (tertiary/aromatic N) is 1. The predicted molar refractivity (Wildman–Crippen MR) is 70.0 cm³/mol. The third kappa shape index (κ3) is 3.72. The van der Waals surface area contributed by atoms with E-state index in [2.05, 4.69) is 10.2 Å². The van der Waals surface area contributed by atoms with Crippen LogP contribution in [0.2, 0.25) is 0 Å². The molecule has 0 amide bonds. The molecule has 2 unspecified atom stereocenters. The fraction of sp³-hybridized carbons (Fsp3) is 0.571. The fourth-order valence-corrected chi connectivity index (χ4v) is 2.47. The van der Waals surface area contributed by atoms with E-state index >= 15 is 0 Å². The van der Waals surface area contributed by atoms with Gasteiger partial charge in [0.25, 0.3) is 0 Å². The van der Waals surface area contributed by atoms with Gasteiger partial charge in [-0.3, -0.25) is 4.90 Å². The van der Waals surface area contributed by atoms with Crippen LogP contribution in [0.1, 0.15) is 18.5 Å². The van der Waals surface area contributed by atoms with Crippen LogP contribution in [-0.4, -0.2) is 44.3 Å². The molecule has 3 nitrogen and oxygen atoms in total. The summed E-state index contributed by atoms with van der Waals surface area (Å²) < 4.78 is 32.1. The highest BCUT2D eigenvalue weighted by molar-refractivity contribution is 5.21. The molecule has 1 aromatic carbocycles. The molecule has 2 atom stereocenters. The van der Waals surface area contributed by atoms with E-state index in [0.29, 0.717) is 12.2 Å². The van der Waals surface area contributed by atoms with Gasteiger partial charge in [-0.15, -0.1) is 0 Å². The molecule has 19 heavy (non-hydrogen) atoms. The van der Waals surface area contributed by atoms with Crippen LogP contribution in [0, 0.1) is 11.6 Å². The first-order valence-electron chi connectivity index (χ1n) is 6.56. The van der Waals surface area contributed by atoms with Crippen molar-refractivity contribution in [2.45, 2.75) is 19.1 Å². The van der Waals surface area contributed by atoms with Crippen LogP contribution in [0.3, 0.4) is 0 Å². The van der Waals surface area contributed by atoms with Crippen LogP contribution in [0.15, 0.2) is 18.2 Å². The SMILES string of the molecule is CNCC1CN(C(C)c2cc(F)cc(F)c2)CCO1. The van der Waals surface area contributed by atoms with Gasteiger partial charge in [0.1, 0.15) is 11.6 Å². The molecule has 2 rings (SSSR count). The van der Waals surface area contributed by atoms with Gasteiger partial charge < -0.3 is 10.1 Å². The Labute approximate surface area is 112 Å². The Morgan fingerprint density at radius 2 is 2.05 bits per heavy atom. The maximum absolute atomic E-state index is 13.3. The van der Waals surface area contributed by atoms with Crippen molar-refractivity contribution in [2.24, 2.45) is 0 Å². The van der Waals surface area contributed by atoms with Crippen LogP contribution >= 0.6 is 0 Å². The zero-order valence-corrected chi connectivity index (χ0v) is 11.3. The Bertz CT molecular complexity index is 406. The lowest BCUT2D eigenvalue weighted by atomic mass is 10.1. The van der Waals surface area contributed by atoms with Crippen molar-refractivity contribution in [1.82, 2.24) is 10.2 Å². The first-order chi connectivity index (χ1) is 9.10. The molecule has 0 bridgehead atoms. The standard InChI is InChI=1S/C14H20F2N2O/c1-10(11-5-12(15)7-13(16)6-11)18-3-4-19-14(9-18)8-17-2/h5-7,10,14,17H,3-4,8-9H2,1-2H3. The molecule has 0 aliphatic carbocycles. The Morgan fingerprint density at radius 1 is 1.37 bits per heavy atom. The molecule has 0 radical (unpaired) electrons. The molecule has 0 saturated carbocycles. The molecule has 1 N–H and O–H groups in total. The van der Waals surface area contributed by atoms with Gasteiger partial charge in [0, 0.05) is 31.7 Å². The second-order valence-corrected chi connectivity index (χ2v) is 4.92. The number of morpholine rings is 1. The van der Waals surface area contributed by atoms with Crippen LogP contribution in [0.25, 0.3) is 0 Å². The molecule has 1 aliphatic heterocycles. The van der Waals surface area contributed by atoms with E-state index < -0.39 is 11.6 Å². The number of nitrogens with one attached hydrogen (secondary N) is 1. The lowest BCUT2D eigenvalue weighted by Gasteiger charge is -2.37. The van der Waals surface area contributed by atoms with E-state index in [1.54, 1.807) is 0 Å². The Morgan fingerprint density at radius 3 is 2.68 bits per heavy atom. The third-order valence-electron chi connectivity index (χ3n) is 3.52. The van der Waals surface area contributed by atoms with Crippen molar-refractivity contribution in [3.63, 3.8) is 0 Å². The quantitative estimate of drug-likeness (QED) is 0.905. The predicted octanol–water partition coefficient (Wildman–Crippen LogP) is 1.95. The van der Waals surface area contributed by atoms with Crippen molar-refractivity contribution in [2.75, 3.05) is 33.3 Å². The smallest absolute Gasteiger partial charge is 0.126 e. The second-order valence-electron chi connectivity index (χ2n) is 4.92. The highest BCUT2D eigenvalue weighted by Crippen LogP contribution is 2.24. The largest absolute Gasteiger partial charge is 0.374 e. The van der Waals surface area contributed by atoms with Crippen molar-refractivity contribution in [3.05, 3.63) is 35.4 Å². The van der Waals surface area contributed by atoms with Crippen molar-refractivity contribution < 1.29 is 13.5 Å². The Kier molecular flexibility index (Phi) is 4.85. The molecule has 1 fully saturated rings. The second kappa shape index (κ2) is 6.41. The third-order valence-corrected chi connectivity index (χ3v) is 3.52. The first kappa shape index (κ1) is 14.4. The molecule has 0 aromatic heterocycles. The molecule has 0 spiro atoms. The van der Waals surface area contributed by atoms with Crippen LogP contribution in [-0.2, 0) is 4.74 Å². The topological polar surface area (TPSA) is 24.5 Å². The monoisotopic (exact) mass is 270 g/mol. The number of hydrogen-bond acceptors (Lipinski definition) is 3. The summed E-state index contributed by atoms with van der Waals surface area (Å²) in [5.74, 6) is -1.05. The van der Waals surface area contributed by atoms with E-state index in [0.717, 1.165) is 25.7 Å². The average molecular weight is 270 g/mol. The van der Waals surface area contributed by atoms with Gasteiger partial charge in [0.2, 0.25) is 0 Å². The summed E-state index contributed by atoms with van der Waals surface area (Å²) in [5, 5.41) is 3.08. The number of ether oxygens (including phenoxy) is 1. The molecular weight excluding hydrogens is 250 g/mol. The van der Waals surface area contributed by atoms with Gasteiger partial charge in [-0.1, -0.05) is 0 Å².